The van der Waals surface area contributed by atoms with E-state index in [-0.39, 0.29) is 12.0 Å². The summed E-state index contributed by atoms with van der Waals surface area (Å²) in [5, 5.41) is 10.6. The number of aromatic nitrogens is 2. The van der Waals surface area contributed by atoms with Crippen molar-refractivity contribution in [3.8, 4) is 0 Å². The number of hydrogen-bond acceptors (Lipinski definition) is 4. The van der Waals surface area contributed by atoms with E-state index in [9.17, 15) is 5.11 Å². The quantitative estimate of drug-likeness (QED) is 0.808. The maximum atomic E-state index is 9.60. The topological polar surface area (TPSA) is 46.0 Å². The third-order valence-electron chi connectivity index (χ3n) is 2.18. The molecule has 0 aliphatic heterocycles. The second kappa shape index (κ2) is 4.67. The number of nitrogens with zero attached hydrogens (tertiary/aromatic N) is 2. The normalized spacial score (nSPS) is 15.7. The predicted molar refractivity (Wildman–Crippen MR) is 54.0 cm³/mol. The highest BCUT2D eigenvalue weighted by Crippen LogP contribution is 2.22. The first-order valence-corrected chi connectivity index (χ1v) is 5.46. The molecule has 0 saturated carbocycles. The van der Waals surface area contributed by atoms with Crippen molar-refractivity contribution >= 4 is 11.5 Å². The lowest BCUT2D eigenvalue weighted by Crippen LogP contribution is -2.14. The Morgan fingerprint density at radius 3 is 2.62 bits per heavy atom. The Morgan fingerprint density at radius 2 is 2.15 bits per heavy atom. The van der Waals surface area contributed by atoms with Crippen LogP contribution in [0.3, 0.4) is 0 Å². The van der Waals surface area contributed by atoms with Crippen LogP contribution in [0.15, 0.2) is 0 Å². The van der Waals surface area contributed by atoms with Gasteiger partial charge in [-0.05, 0) is 18.0 Å². The van der Waals surface area contributed by atoms with Gasteiger partial charge in [-0.2, -0.15) is 4.37 Å². The molecule has 2 atom stereocenters. The summed E-state index contributed by atoms with van der Waals surface area (Å²) in [6.07, 6.45) is 1.34. The van der Waals surface area contributed by atoms with Crippen molar-refractivity contribution in [2.24, 2.45) is 0 Å². The van der Waals surface area contributed by atoms with E-state index in [0.717, 1.165) is 23.7 Å². The first-order valence-electron chi connectivity index (χ1n) is 4.69. The van der Waals surface area contributed by atoms with E-state index in [2.05, 4.69) is 9.36 Å². The molecule has 0 amide bonds. The van der Waals surface area contributed by atoms with Gasteiger partial charge in [0.05, 0.1) is 6.10 Å². The molecule has 0 radical (unpaired) electrons. The Hall–Kier alpha value is -0.480. The molecule has 0 aromatic carbocycles. The molecule has 4 heteroatoms. The average Bonchev–Trinajstić information content (AvgIpc) is 2.63. The molecule has 0 saturated heterocycles. The lowest BCUT2D eigenvalue weighted by atomic mass is 10.0. The van der Waals surface area contributed by atoms with Gasteiger partial charge in [-0.15, -0.1) is 0 Å². The van der Waals surface area contributed by atoms with Gasteiger partial charge in [-0.3, -0.25) is 0 Å². The van der Waals surface area contributed by atoms with Crippen LogP contribution in [0.5, 0.6) is 0 Å². The molecule has 1 aromatic heterocycles. The summed E-state index contributed by atoms with van der Waals surface area (Å²) in [6, 6.07) is 0. The summed E-state index contributed by atoms with van der Waals surface area (Å²) in [4.78, 5) is 4.35. The highest BCUT2D eigenvalue weighted by Gasteiger charge is 2.18. The van der Waals surface area contributed by atoms with Crippen molar-refractivity contribution in [3.05, 3.63) is 10.8 Å². The number of rotatable bonds is 4. The molecule has 74 valence electrons. The molecule has 0 aliphatic carbocycles. The molecule has 13 heavy (non-hydrogen) atoms. The second-order valence-electron chi connectivity index (χ2n) is 3.17. The van der Waals surface area contributed by atoms with Gasteiger partial charge in [0.2, 0.25) is 0 Å². The summed E-state index contributed by atoms with van der Waals surface area (Å²) in [7, 11) is 0. The summed E-state index contributed by atoms with van der Waals surface area (Å²) in [5.41, 5.74) is 0. The van der Waals surface area contributed by atoms with Crippen LogP contribution in [0, 0.1) is 0 Å². The first kappa shape index (κ1) is 10.6. The van der Waals surface area contributed by atoms with E-state index in [4.69, 9.17) is 0 Å². The Labute approximate surface area is 83.0 Å². The maximum absolute atomic E-state index is 9.60. The fourth-order valence-electron chi connectivity index (χ4n) is 1.11. The van der Waals surface area contributed by atoms with Crippen molar-refractivity contribution in [2.75, 3.05) is 0 Å². The molecule has 0 bridgehead atoms. The number of hydrogen-bond donors (Lipinski definition) is 1. The van der Waals surface area contributed by atoms with Gasteiger partial charge >= 0.3 is 0 Å². The molecule has 1 N–H and O–H groups in total. The van der Waals surface area contributed by atoms with Gasteiger partial charge in [-0.1, -0.05) is 20.8 Å². The van der Waals surface area contributed by atoms with E-state index in [0.29, 0.717) is 0 Å². The van der Waals surface area contributed by atoms with Crippen LogP contribution in [0.2, 0.25) is 0 Å². The van der Waals surface area contributed by atoms with Crippen LogP contribution in [0.1, 0.15) is 43.9 Å². The van der Waals surface area contributed by atoms with Crippen molar-refractivity contribution < 1.29 is 5.11 Å². The third-order valence-corrected chi connectivity index (χ3v) is 3.14. The molecule has 0 fully saturated rings. The fourth-order valence-corrected chi connectivity index (χ4v) is 1.95. The van der Waals surface area contributed by atoms with Gasteiger partial charge in [0.25, 0.3) is 0 Å². The van der Waals surface area contributed by atoms with Gasteiger partial charge in [0, 0.05) is 12.3 Å². The van der Waals surface area contributed by atoms with Crippen LogP contribution in [-0.2, 0) is 6.42 Å². The van der Waals surface area contributed by atoms with Gasteiger partial charge < -0.3 is 5.11 Å². The van der Waals surface area contributed by atoms with E-state index in [1.165, 1.54) is 11.5 Å². The van der Waals surface area contributed by atoms with Gasteiger partial charge in [0.1, 0.15) is 10.8 Å². The van der Waals surface area contributed by atoms with Crippen molar-refractivity contribution in [2.45, 2.75) is 45.6 Å². The average molecular weight is 200 g/mol. The minimum absolute atomic E-state index is 0.114. The second-order valence-corrected chi connectivity index (χ2v) is 3.95. The van der Waals surface area contributed by atoms with Crippen LogP contribution in [-0.4, -0.2) is 20.6 Å². The molecule has 1 rings (SSSR count). The lowest BCUT2D eigenvalue weighted by Gasteiger charge is -2.13. The number of aryl methyl sites for hydroxylation is 1. The largest absolute Gasteiger partial charge is 0.392 e. The molecule has 2 unspecified atom stereocenters. The number of aliphatic hydroxyl groups excluding tert-OH is 1. The van der Waals surface area contributed by atoms with E-state index < -0.39 is 0 Å². The summed E-state index contributed by atoms with van der Waals surface area (Å²) < 4.78 is 4.19. The minimum atomic E-state index is -0.294. The Kier molecular flexibility index (Phi) is 3.81. The highest BCUT2D eigenvalue weighted by molar-refractivity contribution is 7.05. The third kappa shape index (κ3) is 2.48. The van der Waals surface area contributed by atoms with Crippen molar-refractivity contribution in [1.82, 2.24) is 9.36 Å². The van der Waals surface area contributed by atoms with Crippen LogP contribution in [0.4, 0.5) is 0 Å². The molecule has 0 aliphatic rings. The SMILES string of the molecule is CCc1nsc(C(C)C(O)CC)n1. The number of aliphatic hydroxyl groups is 1. The van der Waals surface area contributed by atoms with E-state index in [1.54, 1.807) is 0 Å². The lowest BCUT2D eigenvalue weighted by molar-refractivity contribution is 0.145. The summed E-state index contributed by atoms with van der Waals surface area (Å²) in [6.45, 7) is 6.00. The predicted octanol–water partition coefficient (Wildman–Crippen LogP) is 1.97. The minimum Gasteiger partial charge on any atom is -0.392 e. The Bertz CT molecular complexity index is 262. The summed E-state index contributed by atoms with van der Waals surface area (Å²) >= 11 is 1.40. The zero-order valence-corrected chi connectivity index (χ0v) is 9.14. The van der Waals surface area contributed by atoms with Crippen LogP contribution >= 0.6 is 11.5 Å². The Morgan fingerprint density at radius 1 is 1.46 bits per heavy atom. The highest BCUT2D eigenvalue weighted by atomic mass is 32.1. The van der Waals surface area contributed by atoms with E-state index in [1.807, 2.05) is 20.8 Å². The molecule has 1 aromatic rings. The summed E-state index contributed by atoms with van der Waals surface area (Å²) in [5.74, 6) is 0.998. The zero-order valence-electron chi connectivity index (χ0n) is 8.32. The standard InChI is InChI=1S/C9H16N2OS/c1-4-7(12)6(3)9-10-8(5-2)11-13-9/h6-7,12H,4-5H2,1-3H3. The van der Waals surface area contributed by atoms with Crippen LogP contribution in [0.25, 0.3) is 0 Å². The fraction of sp³-hybridized carbons (Fsp3) is 0.778. The smallest absolute Gasteiger partial charge is 0.142 e. The molecule has 0 spiro atoms. The Balaban J connectivity index is 2.70. The first-order chi connectivity index (χ1) is 6.19. The monoisotopic (exact) mass is 200 g/mol. The van der Waals surface area contributed by atoms with Gasteiger partial charge in [0.15, 0.2) is 0 Å². The van der Waals surface area contributed by atoms with E-state index >= 15 is 0 Å². The molecular weight excluding hydrogens is 184 g/mol. The molecule has 1 heterocycles. The van der Waals surface area contributed by atoms with Crippen molar-refractivity contribution in [3.63, 3.8) is 0 Å². The van der Waals surface area contributed by atoms with Crippen molar-refractivity contribution in [1.29, 1.82) is 0 Å². The molecule has 3 nitrogen and oxygen atoms in total. The maximum Gasteiger partial charge on any atom is 0.142 e. The van der Waals surface area contributed by atoms with Gasteiger partial charge in [-0.25, -0.2) is 4.98 Å². The van der Waals surface area contributed by atoms with Crippen LogP contribution < -0.4 is 0 Å². The molecular formula is C9H16N2OS. The zero-order chi connectivity index (χ0) is 9.84.